The van der Waals surface area contributed by atoms with E-state index in [1.54, 1.807) is 26.2 Å². The van der Waals surface area contributed by atoms with Gasteiger partial charge in [-0.3, -0.25) is 4.90 Å². The van der Waals surface area contributed by atoms with Crippen molar-refractivity contribution in [2.45, 2.75) is 51.7 Å². The van der Waals surface area contributed by atoms with Crippen molar-refractivity contribution in [3.8, 4) is 0 Å². The highest BCUT2D eigenvalue weighted by molar-refractivity contribution is 6.31. The first-order chi connectivity index (χ1) is 11.7. The lowest BCUT2D eigenvalue weighted by Gasteiger charge is -2.39. The third kappa shape index (κ3) is 5.30. The fraction of sp³-hybridized carbons (Fsp3) is 0.667. The Bertz CT molecular complexity index is 610. The summed E-state index contributed by atoms with van der Waals surface area (Å²) in [5, 5.41) is 0.556. The first-order valence-corrected chi connectivity index (χ1v) is 8.80. The summed E-state index contributed by atoms with van der Waals surface area (Å²) in [5.41, 5.74) is -0.428. The Balaban J connectivity index is 2.33. The second-order valence-corrected chi connectivity index (χ2v) is 7.71. The molecule has 0 spiro atoms. The Morgan fingerprint density at radius 3 is 2.52 bits per heavy atom. The molecule has 1 aromatic rings. The van der Waals surface area contributed by atoms with E-state index < -0.39 is 17.3 Å². The van der Waals surface area contributed by atoms with Gasteiger partial charge in [-0.05, 0) is 39.8 Å². The number of aryl methyl sites for hydroxylation is 1. The van der Waals surface area contributed by atoms with Gasteiger partial charge in [0.1, 0.15) is 11.4 Å². The molecule has 1 aromatic heterocycles. The maximum atomic E-state index is 12.8. The van der Waals surface area contributed by atoms with Crippen molar-refractivity contribution in [1.29, 1.82) is 0 Å². The highest BCUT2D eigenvalue weighted by Gasteiger charge is 2.38. The Hall–Kier alpha value is -1.37. The molecule has 1 aliphatic rings. The molecule has 0 atom stereocenters. The Morgan fingerprint density at radius 1 is 1.36 bits per heavy atom. The Morgan fingerprint density at radius 2 is 2.00 bits per heavy atom. The van der Waals surface area contributed by atoms with Gasteiger partial charge in [-0.2, -0.15) is 0 Å². The Kier molecular flexibility index (Phi) is 6.30. The van der Waals surface area contributed by atoms with Gasteiger partial charge in [0.15, 0.2) is 0 Å². The maximum absolute atomic E-state index is 12.8. The van der Waals surface area contributed by atoms with Gasteiger partial charge in [-0.1, -0.05) is 11.6 Å². The topological polar surface area (TPSA) is 60.9 Å². The monoisotopic (exact) mass is 370 g/mol. The lowest BCUT2D eigenvalue weighted by Crippen LogP contribution is -2.51. The van der Waals surface area contributed by atoms with E-state index >= 15 is 0 Å². The number of ether oxygens (including phenoxy) is 3. The average Bonchev–Trinajstić information content (AvgIpc) is 2.54. The van der Waals surface area contributed by atoms with Gasteiger partial charge in [0.25, 0.3) is 0 Å². The third-order valence-electron chi connectivity index (χ3n) is 4.18. The number of halogens is 1. The number of aromatic nitrogens is 1. The molecule has 0 aromatic carbocycles. The molecular formula is C18H27ClN2O4. The van der Waals surface area contributed by atoms with Crippen LogP contribution in [0.4, 0.5) is 10.6 Å². The number of carbonyl (C=O) groups is 1. The summed E-state index contributed by atoms with van der Waals surface area (Å²) in [6.45, 7) is 8.86. The number of hydrogen-bond donors (Lipinski definition) is 0. The van der Waals surface area contributed by atoms with Crippen molar-refractivity contribution in [1.82, 2.24) is 4.98 Å². The minimum atomic E-state index is -0.604. The number of amides is 1. The summed E-state index contributed by atoms with van der Waals surface area (Å²) in [7, 11) is 1.67. The third-order valence-corrected chi connectivity index (χ3v) is 4.58. The number of methoxy groups -OCH3 is 1. The van der Waals surface area contributed by atoms with Crippen molar-refractivity contribution in [2.24, 2.45) is 0 Å². The van der Waals surface area contributed by atoms with Gasteiger partial charge >= 0.3 is 6.09 Å². The zero-order valence-electron chi connectivity index (χ0n) is 15.6. The molecule has 6 nitrogen and oxygen atoms in total. The normalized spacial score (nSPS) is 17.2. The van der Waals surface area contributed by atoms with Crippen molar-refractivity contribution >= 4 is 23.5 Å². The molecule has 0 N–H and O–H groups in total. The van der Waals surface area contributed by atoms with E-state index in [1.165, 1.54) is 4.90 Å². The van der Waals surface area contributed by atoms with Gasteiger partial charge in [0.2, 0.25) is 0 Å². The van der Waals surface area contributed by atoms with E-state index in [4.69, 9.17) is 25.8 Å². The smallest absolute Gasteiger partial charge is 0.416 e. The highest BCUT2D eigenvalue weighted by atomic mass is 35.5. The zero-order chi connectivity index (χ0) is 18.7. The van der Waals surface area contributed by atoms with Gasteiger partial charge < -0.3 is 14.2 Å². The van der Waals surface area contributed by atoms with Crippen LogP contribution in [0.25, 0.3) is 0 Å². The van der Waals surface area contributed by atoms with E-state index in [2.05, 4.69) is 4.98 Å². The molecule has 0 radical (unpaired) electrons. The first-order valence-electron chi connectivity index (χ1n) is 8.42. The number of nitrogens with zero attached hydrogens (tertiary/aromatic N) is 2. The number of pyridine rings is 1. The summed E-state index contributed by atoms with van der Waals surface area (Å²) in [6, 6.07) is 3.46. The predicted molar refractivity (Wildman–Crippen MR) is 97.4 cm³/mol. The lowest BCUT2D eigenvalue weighted by molar-refractivity contribution is -0.0843. The van der Waals surface area contributed by atoms with Crippen LogP contribution in [0, 0.1) is 6.92 Å². The molecule has 1 aliphatic heterocycles. The quantitative estimate of drug-likeness (QED) is 0.802. The van der Waals surface area contributed by atoms with E-state index in [0.29, 0.717) is 49.1 Å². The van der Waals surface area contributed by atoms with Crippen molar-refractivity contribution in [2.75, 3.05) is 31.8 Å². The first kappa shape index (κ1) is 19.9. The summed E-state index contributed by atoms with van der Waals surface area (Å²) in [6.07, 6.45) is 0.953. The number of hydrogen-bond acceptors (Lipinski definition) is 5. The predicted octanol–water partition coefficient (Wildman–Crippen LogP) is 3.98. The molecule has 1 saturated heterocycles. The maximum Gasteiger partial charge on any atom is 0.416 e. The zero-order valence-corrected chi connectivity index (χ0v) is 16.4. The van der Waals surface area contributed by atoms with Crippen LogP contribution in [-0.4, -0.2) is 49.1 Å². The summed E-state index contributed by atoms with van der Waals surface area (Å²) >= 11 is 6.08. The fourth-order valence-electron chi connectivity index (χ4n) is 2.70. The van der Waals surface area contributed by atoms with Crippen LogP contribution in [0.3, 0.4) is 0 Å². The van der Waals surface area contributed by atoms with Crippen molar-refractivity contribution in [3.63, 3.8) is 0 Å². The molecule has 25 heavy (non-hydrogen) atoms. The minimum Gasteiger partial charge on any atom is -0.443 e. The van der Waals surface area contributed by atoms with Crippen LogP contribution in [0.2, 0.25) is 5.02 Å². The second-order valence-electron chi connectivity index (χ2n) is 7.30. The molecular weight excluding hydrogens is 344 g/mol. The van der Waals surface area contributed by atoms with Gasteiger partial charge in [-0.15, -0.1) is 0 Å². The number of anilines is 1. The van der Waals surface area contributed by atoms with Crippen LogP contribution in [0.1, 0.15) is 39.3 Å². The molecule has 0 bridgehead atoms. The molecule has 1 fully saturated rings. The molecule has 1 amide bonds. The number of carbonyl (C=O) groups excluding carboxylic acids is 1. The lowest BCUT2D eigenvalue weighted by atomic mass is 9.93. The van der Waals surface area contributed by atoms with Crippen molar-refractivity contribution in [3.05, 3.63) is 22.8 Å². The SMILES string of the molecule is COC1(CN(C(=O)OC(C)(C)C)c2ccc(Cl)c(C)n2)CCOCC1. The highest BCUT2D eigenvalue weighted by Crippen LogP contribution is 2.29. The molecule has 0 unspecified atom stereocenters. The van der Waals surface area contributed by atoms with E-state index in [0.717, 1.165) is 0 Å². The minimum absolute atomic E-state index is 0.343. The molecule has 0 saturated carbocycles. The molecule has 7 heteroatoms. The fourth-order valence-corrected chi connectivity index (χ4v) is 2.80. The van der Waals surface area contributed by atoms with E-state index in [-0.39, 0.29) is 0 Å². The van der Waals surface area contributed by atoms with Gasteiger partial charge in [0, 0.05) is 33.2 Å². The van der Waals surface area contributed by atoms with Gasteiger partial charge in [0.05, 0.1) is 22.9 Å². The largest absolute Gasteiger partial charge is 0.443 e. The molecule has 0 aliphatic carbocycles. The molecule has 2 rings (SSSR count). The summed E-state index contributed by atoms with van der Waals surface area (Å²) < 4.78 is 16.8. The standard InChI is InChI=1S/C18H27ClN2O4/c1-13-14(19)6-7-15(20-13)21(16(22)25-17(2,3)4)12-18(23-5)8-10-24-11-9-18/h6-7H,8-12H2,1-5H3. The summed E-state index contributed by atoms with van der Waals surface area (Å²) in [4.78, 5) is 18.8. The van der Waals surface area contributed by atoms with Crippen LogP contribution >= 0.6 is 11.6 Å². The van der Waals surface area contributed by atoms with Crippen LogP contribution in [-0.2, 0) is 14.2 Å². The van der Waals surface area contributed by atoms with Crippen molar-refractivity contribution < 1.29 is 19.0 Å². The number of rotatable bonds is 4. The second kappa shape index (κ2) is 7.89. The molecule has 2 heterocycles. The van der Waals surface area contributed by atoms with Crippen LogP contribution in [0.15, 0.2) is 12.1 Å². The van der Waals surface area contributed by atoms with Crippen LogP contribution in [0.5, 0.6) is 0 Å². The average molecular weight is 371 g/mol. The molecule has 140 valence electrons. The van der Waals surface area contributed by atoms with E-state index in [1.807, 2.05) is 20.8 Å². The van der Waals surface area contributed by atoms with Gasteiger partial charge in [-0.25, -0.2) is 9.78 Å². The Labute approximate surface area is 154 Å². The summed E-state index contributed by atoms with van der Waals surface area (Å²) in [5.74, 6) is 0.499. The van der Waals surface area contributed by atoms with Crippen LogP contribution < -0.4 is 4.90 Å². The van der Waals surface area contributed by atoms with E-state index in [9.17, 15) is 4.79 Å².